The minimum Gasteiger partial charge on any atom is -0.348 e. The number of fused-ring (bicyclic) bond motifs is 2. The van der Waals surface area contributed by atoms with Crippen LogP contribution in [-0.4, -0.2) is 40.5 Å². The lowest BCUT2D eigenvalue weighted by molar-refractivity contribution is 0.103. The molecule has 4 heteroatoms. The molecular formula is C13H22N4. The van der Waals surface area contributed by atoms with Crippen LogP contribution >= 0.6 is 0 Å². The average Bonchev–Trinajstić information content (AvgIpc) is 2.80. The lowest BCUT2D eigenvalue weighted by Gasteiger charge is -2.45. The van der Waals surface area contributed by atoms with Gasteiger partial charge in [0.25, 0.3) is 0 Å². The molecule has 0 atom stereocenters. The van der Waals surface area contributed by atoms with E-state index in [1.54, 1.807) is 0 Å². The summed E-state index contributed by atoms with van der Waals surface area (Å²) >= 11 is 0. The predicted molar refractivity (Wildman–Crippen MR) is 67.9 cm³/mol. The van der Waals surface area contributed by atoms with E-state index in [2.05, 4.69) is 34.0 Å². The summed E-state index contributed by atoms with van der Waals surface area (Å²) in [7, 11) is 0. The molecule has 2 N–H and O–H groups in total. The number of hydrogen-bond donors (Lipinski definition) is 2. The van der Waals surface area contributed by atoms with Crippen molar-refractivity contribution in [3.8, 4) is 0 Å². The number of imidazole rings is 1. The first kappa shape index (κ1) is 11.2. The Morgan fingerprint density at radius 1 is 1.35 bits per heavy atom. The van der Waals surface area contributed by atoms with Gasteiger partial charge in [-0.25, -0.2) is 4.98 Å². The molecule has 3 heterocycles. The minimum absolute atomic E-state index is 0.152. The third-order valence-corrected chi connectivity index (χ3v) is 4.39. The average molecular weight is 234 g/mol. The fourth-order valence-electron chi connectivity index (χ4n) is 3.27. The van der Waals surface area contributed by atoms with Gasteiger partial charge in [0.2, 0.25) is 0 Å². The van der Waals surface area contributed by atoms with Crippen molar-refractivity contribution in [3.05, 3.63) is 17.7 Å². The molecule has 0 saturated carbocycles. The van der Waals surface area contributed by atoms with E-state index < -0.39 is 0 Å². The lowest BCUT2D eigenvalue weighted by Crippen LogP contribution is -2.55. The van der Waals surface area contributed by atoms with Crippen molar-refractivity contribution in [2.24, 2.45) is 0 Å². The molecule has 0 aliphatic carbocycles. The number of nitrogens with zero attached hydrogens (tertiary/aromatic N) is 2. The smallest absolute Gasteiger partial charge is 0.0926 e. The molecular weight excluding hydrogens is 212 g/mol. The van der Waals surface area contributed by atoms with E-state index in [0.29, 0.717) is 6.04 Å². The Kier molecular flexibility index (Phi) is 2.71. The predicted octanol–water partition coefficient (Wildman–Crippen LogP) is 1.25. The molecule has 4 nitrogen and oxygen atoms in total. The van der Waals surface area contributed by atoms with Gasteiger partial charge in [-0.05, 0) is 26.7 Å². The highest BCUT2D eigenvalue weighted by atomic mass is 15.2. The number of rotatable bonds is 1. The number of aromatic nitrogens is 2. The topological polar surface area (TPSA) is 44.0 Å². The van der Waals surface area contributed by atoms with Crippen LogP contribution in [0.4, 0.5) is 0 Å². The molecule has 2 aliphatic heterocycles. The summed E-state index contributed by atoms with van der Waals surface area (Å²) in [5, 5.41) is 3.73. The minimum atomic E-state index is 0.152. The number of aromatic amines is 1. The zero-order chi connectivity index (χ0) is 11.9. The summed E-state index contributed by atoms with van der Waals surface area (Å²) in [5.41, 5.74) is 2.79. The summed E-state index contributed by atoms with van der Waals surface area (Å²) in [5.74, 6) is 0. The van der Waals surface area contributed by atoms with Crippen molar-refractivity contribution < 1.29 is 0 Å². The monoisotopic (exact) mass is 234 g/mol. The maximum Gasteiger partial charge on any atom is 0.0926 e. The van der Waals surface area contributed by atoms with Gasteiger partial charge in [-0.2, -0.15) is 0 Å². The molecule has 1 aromatic rings. The molecule has 1 aromatic heterocycles. The van der Waals surface area contributed by atoms with Crippen LogP contribution in [-0.2, 0) is 12.0 Å². The van der Waals surface area contributed by atoms with Gasteiger partial charge in [-0.1, -0.05) is 0 Å². The maximum absolute atomic E-state index is 4.57. The largest absolute Gasteiger partial charge is 0.348 e. The van der Waals surface area contributed by atoms with Gasteiger partial charge in [0, 0.05) is 37.8 Å². The van der Waals surface area contributed by atoms with E-state index in [1.807, 2.05) is 6.33 Å². The van der Waals surface area contributed by atoms with Crippen molar-refractivity contribution >= 4 is 0 Å². The number of nitrogens with one attached hydrogen (secondary N) is 2. The molecule has 0 amide bonds. The quantitative estimate of drug-likeness (QED) is 0.769. The summed E-state index contributed by atoms with van der Waals surface area (Å²) < 4.78 is 0. The van der Waals surface area contributed by atoms with E-state index in [4.69, 9.17) is 0 Å². The van der Waals surface area contributed by atoms with Crippen LogP contribution < -0.4 is 5.32 Å². The van der Waals surface area contributed by atoms with Gasteiger partial charge in [0.05, 0.1) is 17.6 Å². The fourth-order valence-corrected chi connectivity index (χ4v) is 3.27. The van der Waals surface area contributed by atoms with Crippen LogP contribution in [0.5, 0.6) is 0 Å². The van der Waals surface area contributed by atoms with E-state index >= 15 is 0 Å². The Morgan fingerprint density at radius 3 is 2.82 bits per heavy atom. The van der Waals surface area contributed by atoms with Crippen molar-refractivity contribution in [1.82, 2.24) is 20.2 Å². The van der Waals surface area contributed by atoms with Crippen LogP contribution in [0.25, 0.3) is 0 Å². The SMILES string of the molecule is CC(C)N1CCC2(CC1)NCCc1[nH]cnc12. The second kappa shape index (κ2) is 4.10. The van der Waals surface area contributed by atoms with Gasteiger partial charge in [0.1, 0.15) is 0 Å². The van der Waals surface area contributed by atoms with Crippen LogP contribution in [0, 0.1) is 0 Å². The van der Waals surface area contributed by atoms with Gasteiger partial charge in [-0.15, -0.1) is 0 Å². The zero-order valence-corrected chi connectivity index (χ0v) is 10.8. The summed E-state index contributed by atoms with van der Waals surface area (Å²) in [6.45, 7) is 8.00. The second-order valence-corrected chi connectivity index (χ2v) is 5.62. The van der Waals surface area contributed by atoms with Crippen LogP contribution in [0.3, 0.4) is 0 Å². The highest BCUT2D eigenvalue weighted by Crippen LogP contribution is 2.36. The Bertz CT molecular complexity index is 388. The number of piperidine rings is 1. The molecule has 0 unspecified atom stereocenters. The molecule has 3 rings (SSSR count). The lowest BCUT2D eigenvalue weighted by atomic mass is 9.80. The number of H-pyrrole nitrogens is 1. The van der Waals surface area contributed by atoms with Crippen molar-refractivity contribution in [1.29, 1.82) is 0 Å². The highest BCUT2D eigenvalue weighted by Gasteiger charge is 2.41. The third kappa shape index (κ3) is 1.79. The van der Waals surface area contributed by atoms with Gasteiger partial charge >= 0.3 is 0 Å². The van der Waals surface area contributed by atoms with Crippen LogP contribution in [0.15, 0.2) is 6.33 Å². The van der Waals surface area contributed by atoms with Crippen molar-refractivity contribution in [2.75, 3.05) is 19.6 Å². The summed E-state index contributed by atoms with van der Waals surface area (Å²) in [6, 6.07) is 0.662. The standard InChI is InChI=1S/C13H22N4/c1-10(2)17-7-4-13(5-8-17)12-11(3-6-16-13)14-9-15-12/h9-10,16H,3-8H2,1-2H3,(H,14,15). The molecule has 2 aliphatic rings. The first-order valence-corrected chi connectivity index (χ1v) is 6.73. The first-order valence-electron chi connectivity index (χ1n) is 6.73. The van der Waals surface area contributed by atoms with Crippen molar-refractivity contribution in [3.63, 3.8) is 0 Å². The highest BCUT2D eigenvalue weighted by molar-refractivity contribution is 5.26. The Morgan fingerprint density at radius 2 is 2.12 bits per heavy atom. The molecule has 94 valence electrons. The summed E-state index contributed by atoms with van der Waals surface area (Å²) in [4.78, 5) is 10.4. The van der Waals surface area contributed by atoms with Crippen LogP contribution in [0.2, 0.25) is 0 Å². The zero-order valence-electron chi connectivity index (χ0n) is 10.8. The first-order chi connectivity index (χ1) is 8.21. The third-order valence-electron chi connectivity index (χ3n) is 4.39. The van der Waals surface area contributed by atoms with Crippen molar-refractivity contribution in [2.45, 2.75) is 44.7 Å². The van der Waals surface area contributed by atoms with Gasteiger partial charge in [-0.3, -0.25) is 0 Å². The van der Waals surface area contributed by atoms with E-state index in [1.165, 1.54) is 37.3 Å². The molecule has 1 spiro atoms. The molecule has 0 aromatic carbocycles. The van der Waals surface area contributed by atoms with Gasteiger partial charge < -0.3 is 15.2 Å². The van der Waals surface area contributed by atoms with Gasteiger partial charge in [0.15, 0.2) is 0 Å². The number of likely N-dealkylation sites (tertiary alicyclic amines) is 1. The summed E-state index contributed by atoms with van der Waals surface area (Å²) in [6.07, 6.45) is 5.31. The second-order valence-electron chi connectivity index (χ2n) is 5.62. The molecule has 0 radical (unpaired) electrons. The number of hydrogen-bond acceptors (Lipinski definition) is 3. The normalized spacial score (nSPS) is 24.2. The van der Waals surface area contributed by atoms with E-state index in [-0.39, 0.29) is 5.54 Å². The maximum atomic E-state index is 4.57. The fraction of sp³-hybridized carbons (Fsp3) is 0.769. The van der Waals surface area contributed by atoms with Crippen LogP contribution in [0.1, 0.15) is 38.1 Å². The molecule has 0 bridgehead atoms. The molecule has 17 heavy (non-hydrogen) atoms. The van der Waals surface area contributed by atoms with E-state index in [9.17, 15) is 0 Å². The molecule has 1 fully saturated rings. The molecule has 1 saturated heterocycles. The Labute approximate surface area is 103 Å². The Hall–Kier alpha value is -0.870. The van der Waals surface area contributed by atoms with E-state index in [0.717, 1.165) is 13.0 Å². The Balaban J connectivity index is 1.82.